The van der Waals surface area contributed by atoms with Crippen LogP contribution in [0.5, 0.6) is 0 Å². The first-order valence-corrected chi connectivity index (χ1v) is 9.00. The second kappa shape index (κ2) is 6.83. The molecule has 2 aromatic heterocycles. The summed E-state index contributed by atoms with van der Waals surface area (Å²) < 4.78 is 19.7. The normalized spacial score (nSPS) is 16.0. The molecule has 0 spiro atoms. The molecule has 1 aliphatic heterocycles. The van der Waals surface area contributed by atoms with Gasteiger partial charge >= 0.3 is 0 Å². The standard InChI is InChI=1S/C18H19FN4S/c19-15-5-3-8-20-18(15)23-12-10-22(11-13-23)9-7-16-14-4-1-2-6-17(14)24-21-16/h1-6,8H,7,9-13H2. The van der Waals surface area contributed by atoms with E-state index in [9.17, 15) is 4.39 Å². The summed E-state index contributed by atoms with van der Waals surface area (Å²) in [4.78, 5) is 8.63. The lowest BCUT2D eigenvalue weighted by molar-refractivity contribution is 0.259. The van der Waals surface area contributed by atoms with Crippen molar-refractivity contribution in [1.82, 2.24) is 14.3 Å². The molecule has 1 aliphatic rings. The Morgan fingerprint density at radius 2 is 1.88 bits per heavy atom. The zero-order chi connectivity index (χ0) is 16.4. The van der Waals surface area contributed by atoms with Crippen molar-refractivity contribution in [2.24, 2.45) is 0 Å². The van der Waals surface area contributed by atoms with Crippen LogP contribution in [0.15, 0.2) is 42.6 Å². The van der Waals surface area contributed by atoms with Crippen LogP contribution in [-0.4, -0.2) is 47.0 Å². The summed E-state index contributed by atoms with van der Waals surface area (Å²) in [5.74, 6) is 0.238. The second-order valence-corrected chi connectivity index (χ2v) is 6.82. The van der Waals surface area contributed by atoms with E-state index in [-0.39, 0.29) is 5.82 Å². The summed E-state index contributed by atoms with van der Waals surface area (Å²) in [6.07, 6.45) is 2.61. The monoisotopic (exact) mass is 342 g/mol. The summed E-state index contributed by atoms with van der Waals surface area (Å²) >= 11 is 1.57. The molecule has 3 aromatic rings. The Bertz CT molecular complexity index is 827. The van der Waals surface area contributed by atoms with Gasteiger partial charge in [0, 0.05) is 50.7 Å². The van der Waals surface area contributed by atoms with Crippen LogP contribution >= 0.6 is 11.5 Å². The first-order chi connectivity index (χ1) is 11.8. The van der Waals surface area contributed by atoms with Crippen molar-refractivity contribution in [3.63, 3.8) is 0 Å². The highest BCUT2D eigenvalue weighted by Gasteiger charge is 2.20. The van der Waals surface area contributed by atoms with Crippen molar-refractivity contribution >= 4 is 27.4 Å². The number of piperazine rings is 1. The van der Waals surface area contributed by atoms with Gasteiger partial charge in [0.05, 0.1) is 10.4 Å². The van der Waals surface area contributed by atoms with Gasteiger partial charge < -0.3 is 4.90 Å². The molecule has 4 nitrogen and oxygen atoms in total. The molecule has 3 heterocycles. The summed E-state index contributed by atoms with van der Waals surface area (Å²) in [5, 5.41) is 1.27. The first-order valence-electron chi connectivity index (χ1n) is 8.22. The van der Waals surface area contributed by atoms with E-state index in [4.69, 9.17) is 0 Å². The highest BCUT2D eigenvalue weighted by atomic mass is 32.1. The molecule has 24 heavy (non-hydrogen) atoms. The summed E-state index contributed by atoms with van der Waals surface area (Å²) in [7, 11) is 0. The van der Waals surface area contributed by atoms with Crippen molar-refractivity contribution in [2.45, 2.75) is 6.42 Å². The number of nitrogens with zero attached hydrogens (tertiary/aromatic N) is 4. The van der Waals surface area contributed by atoms with Crippen LogP contribution < -0.4 is 4.90 Å². The lowest BCUT2D eigenvalue weighted by Gasteiger charge is -2.35. The third kappa shape index (κ3) is 3.12. The van der Waals surface area contributed by atoms with Crippen LogP contribution in [0.4, 0.5) is 10.2 Å². The van der Waals surface area contributed by atoms with E-state index in [0.29, 0.717) is 5.82 Å². The molecular weight excluding hydrogens is 323 g/mol. The summed E-state index contributed by atoms with van der Waals surface area (Å²) in [6, 6.07) is 11.5. The third-order valence-electron chi connectivity index (χ3n) is 4.53. The average molecular weight is 342 g/mol. The number of hydrogen-bond donors (Lipinski definition) is 0. The van der Waals surface area contributed by atoms with E-state index in [1.807, 2.05) is 4.90 Å². The Kier molecular flexibility index (Phi) is 4.40. The van der Waals surface area contributed by atoms with Gasteiger partial charge in [0.25, 0.3) is 0 Å². The van der Waals surface area contributed by atoms with Crippen molar-refractivity contribution in [3.8, 4) is 0 Å². The minimum absolute atomic E-state index is 0.236. The lowest BCUT2D eigenvalue weighted by Crippen LogP contribution is -2.47. The molecule has 0 unspecified atom stereocenters. The number of hydrogen-bond acceptors (Lipinski definition) is 5. The average Bonchev–Trinajstić information content (AvgIpc) is 3.04. The molecule has 0 aliphatic carbocycles. The molecule has 4 rings (SSSR count). The van der Waals surface area contributed by atoms with Crippen molar-refractivity contribution < 1.29 is 4.39 Å². The van der Waals surface area contributed by atoms with Crippen molar-refractivity contribution in [2.75, 3.05) is 37.6 Å². The smallest absolute Gasteiger partial charge is 0.165 e. The zero-order valence-corrected chi connectivity index (χ0v) is 14.2. The van der Waals surface area contributed by atoms with Gasteiger partial charge in [0.1, 0.15) is 0 Å². The molecule has 6 heteroatoms. The van der Waals surface area contributed by atoms with E-state index in [2.05, 4.69) is 38.5 Å². The molecule has 1 saturated heterocycles. The Labute approximate surface area is 144 Å². The quantitative estimate of drug-likeness (QED) is 0.729. The fourth-order valence-corrected chi connectivity index (χ4v) is 4.00. The number of aromatic nitrogens is 2. The fraction of sp³-hybridized carbons (Fsp3) is 0.333. The molecule has 0 bridgehead atoms. The van der Waals surface area contributed by atoms with Gasteiger partial charge in [-0.1, -0.05) is 18.2 Å². The Hall–Kier alpha value is -2.05. The Morgan fingerprint density at radius 3 is 2.71 bits per heavy atom. The molecule has 0 N–H and O–H groups in total. The minimum Gasteiger partial charge on any atom is -0.352 e. The topological polar surface area (TPSA) is 32.3 Å². The van der Waals surface area contributed by atoms with E-state index in [1.165, 1.54) is 21.8 Å². The number of halogens is 1. The lowest BCUT2D eigenvalue weighted by atomic mass is 10.1. The molecule has 124 valence electrons. The van der Waals surface area contributed by atoms with Gasteiger partial charge in [0.2, 0.25) is 0 Å². The largest absolute Gasteiger partial charge is 0.352 e. The molecule has 0 saturated carbocycles. The molecular formula is C18H19FN4S. The zero-order valence-electron chi connectivity index (χ0n) is 13.4. The SMILES string of the molecule is Fc1cccnc1N1CCN(CCc2nsc3ccccc23)CC1. The third-order valence-corrected chi connectivity index (χ3v) is 5.39. The van der Waals surface area contributed by atoms with Gasteiger partial charge in [-0.25, -0.2) is 9.37 Å². The van der Waals surface area contributed by atoms with Crippen LogP contribution in [0.3, 0.4) is 0 Å². The fourth-order valence-electron chi connectivity index (χ4n) is 3.18. The molecule has 0 radical (unpaired) electrons. The molecule has 1 fully saturated rings. The number of rotatable bonds is 4. The van der Waals surface area contributed by atoms with Crippen LogP contribution in [0.25, 0.3) is 10.1 Å². The highest BCUT2D eigenvalue weighted by molar-refractivity contribution is 7.13. The predicted molar refractivity (Wildman–Crippen MR) is 96.2 cm³/mol. The maximum absolute atomic E-state index is 13.8. The minimum atomic E-state index is -0.236. The predicted octanol–water partition coefficient (Wildman–Crippen LogP) is 3.20. The maximum atomic E-state index is 13.8. The second-order valence-electron chi connectivity index (χ2n) is 6.01. The van der Waals surface area contributed by atoms with Gasteiger partial charge in [-0.3, -0.25) is 4.90 Å². The van der Waals surface area contributed by atoms with Gasteiger partial charge in [0.15, 0.2) is 11.6 Å². The van der Waals surface area contributed by atoms with Crippen LogP contribution in [0.2, 0.25) is 0 Å². The van der Waals surface area contributed by atoms with Crippen LogP contribution in [0, 0.1) is 5.82 Å². The maximum Gasteiger partial charge on any atom is 0.165 e. The number of fused-ring (bicyclic) bond motifs is 1. The van der Waals surface area contributed by atoms with Crippen molar-refractivity contribution in [1.29, 1.82) is 0 Å². The van der Waals surface area contributed by atoms with Crippen LogP contribution in [-0.2, 0) is 6.42 Å². The van der Waals surface area contributed by atoms with E-state index < -0.39 is 0 Å². The molecule has 0 atom stereocenters. The van der Waals surface area contributed by atoms with Gasteiger partial charge in [-0.15, -0.1) is 0 Å². The molecule has 0 amide bonds. The van der Waals surface area contributed by atoms with E-state index >= 15 is 0 Å². The first kappa shape index (κ1) is 15.5. The number of pyridine rings is 1. The van der Waals surface area contributed by atoms with E-state index in [0.717, 1.165) is 39.1 Å². The van der Waals surface area contributed by atoms with E-state index in [1.54, 1.807) is 23.8 Å². The Balaban J connectivity index is 1.34. The summed E-state index contributed by atoms with van der Waals surface area (Å²) in [6.45, 7) is 4.47. The number of anilines is 1. The Morgan fingerprint density at radius 1 is 1.04 bits per heavy atom. The molecule has 1 aromatic carbocycles. The summed E-state index contributed by atoms with van der Waals surface area (Å²) in [5.41, 5.74) is 1.19. The van der Waals surface area contributed by atoms with Gasteiger partial charge in [-0.05, 0) is 29.7 Å². The van der Waals surface area contributed by atoms with Gasteiger partial charge in [-0.2, -0.15) is 4.37 Å². The van der Waals surface area contributed by atoms with Crippen molar-refractivity contribution in [3.05, 3.63) is 54.1 Å². The highest BCUT2D eigenvalue weighted by Crippen LogP contribution is 2.23. The number of benzene rings is 1. The van der Waals surface area contributed by atoms with Crippen LogP contribution in [0.1, 0.15) is 5.69 Å².